The summed E-state index contributed by atoms with van der Waals surface area (Å²) in [5, 5.41) is 16.7. The predicted octanol–water partition coefficient (Wildman–Crippen LogP) is 5.39. The molecule has 1 saturated heterocycles. The van der Waals surface area contributed by atoms with Gasteiger partial charge < -0.3 is 15.0 Å². The summed E-state index contributed by atoms with van der Waals surface area (Å²) >= 11 is 0. The number of fused-ring (bicyclic) bond motifs is 1. The molecule has 0 unspecified atom stereocenters. The first-order valence-electron chi connectivity index (χ1n) is 10.5. The zero-order valence-electron chi connectivity index (χ0n) is 17.4. The number of pyridine rings is 1. The smallest absolute Gasteiger partial charge is 0.270 e. The number of nitro benzene ring substituents is 1. The number of non-ortho nitro benzene ring substituents is 1. The van der Waals surface area contributed by atoms with Crippen LogP contribution in [-0.2, 0) is 4.74 Å². The first-order chi connectivity index (χ1) is 15.7. The van der Waals surface area contributed by atoms with Gasteiger partial charge in [0.2, 0.25) is 0 Å². The van der Waals surface area contributed by atoms with Crippen molar-refractivity contribution in [2.75, 3.05) is 36.5 Å². The van der Waals surface area contributed by atoms with Gasteiger partial charge in [-0.25, -0.2) is 4.98 Å². The van der Waals surface area contributed by atoms with Gasteiger partial charge in [0.05, 0.1) is 29.5 Å². The Kier molecular flexibility index (Phi) is 5.39. The fourth-order valence-electron chi connectivity index (χ4n) is 4.13. The molecule has 32 heavy (non-hydrogen) atoms. The molecule has 7 nitrogen and oxygen atoms in total. The minimum Gasteiger partial charge on any atom is -0.378 e. The number of hydrogen-bond donors (Lipinski definition) is 1. The molecule has 1 aliphatic rings. The number of hydrogen-bond acceptors (Lipinski definition) is 6. The lowest BCUT2D eigenvalue weighted by Crippen LogP contribution is -2.36. The summed E-state index contributed by atoms with van der Waals surface area (Å²) in [5.41, 5.74) is 3.90. The third-order valence-electron chi connectivity index (χ3n) is 5.68. The molecule has 0 atom stereocenters. The standard InChI is InChI=1S/C25H22N4O3/c30-29(31)19-6-3-5-18(17-19)20-7-4-8-22-21(20)11-12-26-25(22)27-23-9-1-2-10-24(23)28-13-15-32-16-14-28/h1-12,17H,13-16H2,(H,26,27). The molecule has 160 valence electrons. The predicted molar refractivity (Wildman–Crippen MR) is 127 cm³/mol. The van der Waals surface area contributed by atoms with E-state index < -0.39 is 0 Å². The molecule has 1 aromatic heterocycles. The van der Waals surface area contributed by atoms with Gasteiger partial charge in [0.25, 0.3) is 5.69 Å². The first-order valence-corrected chi connectivity index (χ1v) is 10.5. The third-order valence-corrected chi connectivity index (χ3v) is 5.68. The normalized spacial score (nSPS) is 13.8. The van der Waals surface area contributed by atoms with Crippen molar-refractivity contribution in [3.8, 4) is 11.1 Å². The maximum absolute atomic E-state index is 11.2. The average Bonchev–Trinajstić information content (AvgIpc) is 2.85. The summed E-state index contributed by atoms with van der Waals surface area (Å²) in [6.07, 6.45) is 1.77. The average molecular weight is 426 g/mol. The summed E-state index contributed by atoms with van der Waals surface area (Å²) in [5.74, 6) is 0.746. The monoisotopic (exact) mass is 426 g/mol. The molecular weight excluding hydrogens is 404 g/mol. The van der Waals surface area contributed by atoms with Crippen LogP contribution in [0.3, 0.4) is 0 Å². The van der Waals surface area contributed by atoms with E-state index in [4.69, 9.17) is 4.74 Å². The summed E-state index contributed by atoms with van der Waals surface area (Å²) in [7, 11) is 0. The van der Waals surface area contributed by atoms with Gasteiger partial charge in [-0.05, 0) is 34.7 Å². The van der Waals surface area contributed by atoms with Crippen LogP contribution in [0, 0.1) is 10.1 Å². The van der Waals surface area contributed by atoms with Gasteiger partial charge in [-0.3, -0.25) is 10.1 Å². The Morgan fingerprint density at radius 3 is 2.59 bits per heavy atom. The maximum atomic E-state index is 11.2. The summed E-state index contributed by atoms with van der Waals surface area (Å²) in [4.78, 5) is 17.8. The van der Waals surface area contributed by atoms with Gasteiger partial charge in [0, 0.05) is 36.8 Å². The van der Waals surface area contributed by atoms with E-state index in [1.54, 1.807) is 18.3 Å². The van der Waals surface area contributed by atoms with Crippen molar-refractivity contribution in [2.45, 2.75) is 0 Å². The van der Waals surface area contributed by atoms with Gasteiger partial charge in [0.15, 0.2) is 0 Å². The second kappa shape index (κ2) is 8.64. The van der Waals surface area contributed by atoms with Crippen molar-refractivity contribution < 1.29 is 9.66 Å². The SMILES string of the molecule is O=[N+]([O-])c1cccc(-c2cccc3c(Nc4ccccc4N4CCOCC4)nccc23)c1. The number of nitrogens with zero attached hydrogens (tertiary/aromatic N) is 3. The molecule has 4 aromatic rings. The molecule has 1 fully saturated rings. The molecule has 1 aliphatic heterocycles. The van der Waals surface area contributed by atoms with E-state index in [-0.39, 0.29) is 10.6 Å². The van der Waals surface area contributed by atoms with Gasteiger partial charge in [-0.2, -0.15) is 0 Å². The van der Waals surface area contributed by atoms with Crippen molar-refractivity contribution in [2.24, 2.45) is 0 Å². The van der Waals surface area contributed by atoms with E-state index >= 15 is 0 Å². The molecule has 0 bridgehead atoms. The molecule has 3 aromatic carbocycles. The Labute approximate surface area is 185 Å². The van der Waals surface area contributed by atoms with Crippen LogP contribution in [0.1, 0.15) is 0 Å². The number of rotatable bonds is 5. The molecule has 0 radical (unpaired) electrons. The highest BCUT2D eigenvalue weighted by Gasteiger charge is 2.16. The van der Waals surface area contributed by atoms with Gasteiger partial charge >= 0.3 is 0 Å². The van der Waals surface area contributed by atoms with Crippen LogP contribution in [0.2, 0.25) is 0 Å². The highest BCUT2D eigenvalue weighted by Crippen LogP contribution is 2.35. The first kappa shape index (κ1) is 20.0. The van der Waals surface area contributed by atoms with Crippen LogP contribution in [-0.4, -0.2) is 36.2 Å². The highest BCUT2D eigenvalue weighted by atomic mass is 16.6. The van der Waals surface area contributed by atoms with Gasteiger partial charge in [-0.15, -0.1) is 0 Å². The zero-order chi connectivity index (χ0) is 21.9. The molecule has 0 spiro atoms. The Balaban J connectivity index is 1.56. The van der Waals surface area contributed by atoms with Crippen LogP contribution in [0.25, 0.3) is 21.9 Å². The molecule has 0 aliphatic carbocycles. The summed E-state index contributed by atoms with van der Waals surface area (Å²) in [6, 6.07) is 22.8. The minimum atomic E-state index is -0.369. The Morgan fingerprint density at radius 2 is 1.75 bits per heavy atom. The Hall–Kier alpha value is -3.97. The number of morpholine rings is 1. The largest absolute Gasteiger partial charge is 0.378 e. The number of anilines is 3. The summed E-state index contributed by atoms with van der Waals surface area (Å²) < 4.78 is 5.50. The summed E-state index contributed by atoms with van der Waals surface area (Å²) in [6.45, 7) is 3.12. The number of ether oxygens (including phenoxy) is 1. The fourth-order valence-corrected chi connectivity index (χ4v) is 4.13. The van der Waals surface area contributed by atoms with Crippen LogP contribution in [0.4, 0.5) is 22.9 Å². The minimum absolute atomic E-state index is 0.0753. The van der Waals surface area contributed by atoms with E-state index in [2.05, 4.69) is 27.3 Å². The van der Waals surface area contributed by atoms with Crippen molar-refractivity contribution in [3.05, 3.63) is 89.1 Å². The molecule has 1 N–H and O–H groups in total. The van der Waals surface area contributed by atoms with Crippen LogP contribution in [0.15, 0.2) is 79.0 Å². The number of benzene rings is 3. The lowest BCUT2D eigenvalue weighted by molar-refractivity contribution is -0.384. The lowest BCUT2D eigenvalue weighted by Gasteiger charge is -2.30. The molecule has 0 amide bonds. The fraction of sp³-hybridized carbons (Fsp3) is 0.160. The van der Waals surface area contributed by atoms with Crippen molar-refractivity contribution in [3.63, 3.8) is 0 Å². The number of nitrogens with one attached hydrogen (secondary N) is 1. The topological polar surface area (TPSA) is 80.5 Å². The molecule has 2 heterocycles. The van der Waals surface area contributed by atoms with Crippen LogP contribution < -0.4 is 10.2 Å². The van der Waals surface area contributed by atoms with E-state index in [1.807, 2.05) is 42.5 Å². The van der Waals surface area contributed by atoms with Gasteiger partial charge in [0.1, 0.15) is 5.82 Å². The molecule has 5 rings (SSSR count). The number of nitro groups is 1. The lowest BCUT2D eigenvalue weighted by atomic mass is 9.98. The number of aromatic nitrogens is 1. The Bertz CT molecular complexity index is 1290. The van der Waals surface area contributed by atoms with Crippen LogP contribution in [0.5, 0.6) is 0 Å². The van der Waals surface area contributed by atoms with E-state index in [0.717, 1.165) is 52.2 Å². The second-order valence-corrected chi connectivity index (χ2v) is 7.61. The van der Waals surface area contributed by atoms with E-state index in [0.29, 0.717) is 13.2 Å². The second-order valence-electron chi connectivity index (χ2n) is 7.61. The maximum Gasteiger partial charge on any atom is 0.270 e. The molecule has 0 saturated carbocycles. The zero-order valence-corrected chi connectivity index (χ0v) is 17.4. The quantitative estimate of drug-likeness (QED) is 0.340. The molecular formula is C25H22N4O3. The van der Waals surface area contributed by atoms with E-state index in [1.165, 1.54) is 6.07 Å². The highest BCUT2D eigenvalue weighted by molar-refractivity contribution is 6.03. The Morgan fingerprint density at radius 1 is 0.938 bits per heavy atom. The molecule has 7 heteroatoms. The van der Waals surface area contributed by atoms with Crippen molar-refractivity contribution >= 4 is 33.7 Å². The van der Waals surface area contributed by atoms with Gasteiger partial charge in [-0.1, -0.05) is 42.5 Å². The third kappa shape index (κ3) is 3.86. The number of para-hydroxylation sites is 2. The van der Waals surface area contributed by atoms with Crippen molar-refractivity contribution in [1.82, 2.24) is 4.98 Å². The van der Waals surface area contributed by atoms with Crippen LogP contribution >= 0.6 is 0 Å². The van der Waals surface area contributed by atoms with E-state index in [9.17, 15) is 10.1 Å². The van der Waals surface area contributed by atoms with Crippen molar-refractivity contribution in [1.29, 1.82) is 0 Å².